The molecule has 0 aliphatic rings. The van der Waals surface area contributed by atoms with Gasteiger partial charge in [0, 0.05) is 34.4 Å². The molecule has 1 aromatic carbocycles. The van der Waals surface area contributed by atoms with Crippen molar-refractivity contribution in [1.29, 1.82) is 0 Å². The number of rotatable bonds is 5. The zero-order valence-corrected chi connectivity index (χ0v) is 16.2. The summed E-state index contributed by atoms with van der Waals surface area (Å²) < 4.78 is 52.7. The lowest BCUT2D eigenvalue weighted by Gasteiger charge is -2.11. The van der Waals surface area contributed by atoms with E-state index in [-0.39, 0.29) is 22.8 Å². The molecule has 0 radical (unpaired) electrons. The lowest BCUT2D eigenvalue weighted by molar-refractivity contribution is -0.137. The first-order valence-corrected chi connectivity index (χ1v) is 9.26. The third kappa shape index (κ3) is 4.34. The van der Waals surface area contributed by atoms with Gasteiger partial charge in [-0.15, -0.1) is 5.10 Å². The number of pyridine rings is 2. The number of fused-ring (bicyclic) bond motifs is 1. The van der Waals surface area contributed by atoms with Crippen LogP contribution in [0, 0.1) is 5.82 Å². The van der Waals surface area contributed by atoms with Gasteiger partial charge in [0.25, 0.3) is 0 Å². The molecule has 3 aromatic heterocycles. The monoisotopic (exact) mass is 445 g/mol. The van der Waals surface area contributed by atoms with E-state index in [0.29, 0.717) is 16.5 Å². The molecule has 7 nitrogen and oxygen atoms in total. The molecule has 0 fully saturated rings. The molecule has 0 saturated heterocycles. The third-order valence-electron chi connectivity index (χ3n) is 4.68. The number of benzene rings is 1. The number of hydrogen-bond donors (Lipinski definition) is 3. The predicted molar refractivity (Wildman–Crippen MR) is 107 cm³/mol. The van der Waals surface area contributed by atoms with Gasteiger partial charge in [-0.2, -0.15) is 18.3 Å². The van der Waals surface area contributed by atoms with Crippen molar-refractivity contribution in [2.24, 2.45) is 0 Å². The van der Waals surface area contributed by atoms with E-state index in [2.05, 4.69) is 25.5 Å². The Labute approximate surface area is 178 Å². The van der Waals surface area contributed by atoms with Gasteiger partial charge < -0.3 is 15.5 Å². The molecule has 4 rings (SSSR count). The van der Waals surface area contributed by atoms with E-state index in [1.807, 2.05) is 0 Å². The van der Waals surface area contributed by atoms with E-state index in [1.165, 1.54) is 36.8 Å². The Bertz CT molecular complexity index is 1270. The maximum atomic E-state index is 14.5. The van der Waals surface area contributed by atoms with Crippen LogP contribution in [-0.2, 0) is 6.18 Å². The van der Waals surface area contributed by atoms with E-state index >= 15 is 0 Å². The Morgan fingerprint density at radius 3 is 2.41 bits per heavy atom. The average Bonchev–Trinajstić information content (AvgIpc) is 2.78. The normalized spacial score (nSPS) is 12.7. The van der Waals surface area contributed by atoms with Crippen LogP contribution in [0.25, 0.3) is 22.2 Å². The van der Waals surface area contributed by atoms with Gasteiger partial charge in [0.15, 0.2) is 11.6 Å². The van der Waals surface area contributed by atoms with Crippen molar-refractivity contribution < 1.29 is 27.8 Å². The molecule has 0 aliphatic carbocycles. The lowest BCUT2D eigenvalue weighted by atomic mass is 10.1. The standard InChI is InChI=1S/C21H15F4N5O2/c22-16-5-12(18(32)10-31)7-27-19(16)17-6-11-8-28-30-20(15(11)9-26-17)29-14-3-1-13(2-4-14)21(23,24)25/h1-9,18,31-32H,10H2,(H,29,30). The molecule has 1 unspecified atom stereocenters. The Hall–Kier alpha value is -3.70. The number of alkyl halides is 3. The van der Waals surface area contributed by atoms with Gasteiger partial charge in [-0.05, 0) is 36.4 Å². The van der Waals surface area contributed by atoms with Gasteiger partial charge in [-0.1, -0.05) is 0 Å². The van der Waals surface area contributed by atoms with Crippen LogP contribution in [0.5, 0.6) is 0 Å². The van der Waals surface area contributed by atoms with Gasteiger partial charge >= 0.3 is 6.18 Å². The summed E-state index contributed by atoms with van der Waals surface area (Å²) >= 11 is 0. The number of anilines is 2. The Morgan fingerprint density at radius 1 is 1.00 bits per heavy atom. The van der Waals surface area contributed by atoms with E-state index in [9.17, 15) is 22.7 Å². The minimum atomic E-state index is -4.43. The van der Waals surface area contributed by atoms with E-state index in [0.717, 1.165) is 18.2 Å². The van der Waals surface area contributed by atoms with Crippen LogP contribution in [0.1, 0.15) is 17.2 Å². The zero-order chi connectivity index (χ0) is 22.9. The van der Waals surface area contributed by atoms with Gasteiger partial charge in [0.05, 0.1) is 24.1 Å². The molecular weight excluding hydrogens is 430 g/mol. The Morgan fingerprint density at radius 2 is 1.75 bits per heavy atom. The fourth-order valence-corrected chi connectivity index (χ4v) is 3.01. The van der Waals surface area contributed by atoms with Crippen LogP contribution in [0.4, 0.5) is 29.1 Å². The van der Waals surface area contributed by atoms with Crippen LogP contribution in [0.2, 0.25) is 0 Å². The van der Waals surface area contributed by atoms with Gasteiger partial charge in [-0.25, -0.2) is 4.39 Å². The van der Waals surface area contributed by atoms with Crippen molar-refractivity contribution in [2.45, 2.75) is 12.3 Å². The number of aromatic nitrogens is 4. The first-order valence-electron chi connectivity index (χ1n) is 9.26. The fourth-order valence-electron chi connectivity index (χ4n) is 3.01. The maximum absolute atomic E-state index is 14.5. The van der Waals surface area contributed by atoms with Gasteiger partial charge in [-0.3, -0.25) is 9.97 Å². The van der Waals surface area contributed by atoms with Crippen molar-refractivity contribution in [2.75, 3.05) is 11.9 Å². The smallest absolute Gasteiger partial charge is 0.393 e. The molecule has 0 aliphatic heterocycles. The Balaban J connectivity index is 1.64. The first-order chi connectivity index (χ1) is 15.3. The summed E-state index contributed by atoms with van der Waals surface area (Å²) in [4.78, 5) is 8.20. The highest BCUT2D eigenvalue weighted by Gasteiger charge is 2.30. The first kappa shape index (κ1) is 21.5. The third-order valence-corrected chi connectivity index (χ3v) is 4.68. The molecule has 0 spiro atoms. The average molecular weight is 445 g/mol. The molecule has 1 atom stereocenters. The molecular formula is C21H15F4N5O2. The molecule has 0 bridgehead atoms. The van der Waals surface area contributed by atoms with E-state index in [4.69, 9.17) is 5.11 Å². The molecule has 4 aromatic rings. The van der Waals surface area contributed by atoms with Crippen molar-refractivity contribution in [3.05, 3.63) is 71.9 Å². The molecule has 3 N–H and O–H groups in total. The molecule has 0 amide bonds. The summed E-state index contributed by atoms with van der Waals surface area (Å²) in [5, 5.41) is 30.4. The minimum absolute atomic E-state index is 0.0603. The van der Waals surface area contributed by atoms with Crippen LogP contribution < -0.4 is 5.32 Å². The number of nitrogens with one attached hydrogen (secondary N) is 1. The summed E-state index contributed by atoms with van der Waals surface area (Å²) in [6.07, 6.45) is -1.59. The number of hydrogen-bond acceptors (Lipinski definition) is 7. The summed E-state index contributed by atoms with van der Waals surface area (Å²) in [5.74, 6) is -0.469. The lowest BCUT2D eigenvalue weighted by Crippen LogP contribution is -2.05. The maximum Gasteiger partial charge on any atom is 0.416 e. The number of aliphatic hydroxyl groups excluding tert-OH is 2. The van der Waals surface area contributed by atoms with Gasteiger partial charge in [0.2, 0.25) is 0 Å². The molecule has 32 heavy (non-hydrogen) atoms. The highest BCUT2D eigenvalue weighted by Crippen LogP contribution is 2.31. The SMILES string of the molecule is OCC(O)c1cnc(-c2cc3cnnc(Nc4ccc(C(F)(F)F)cc4)c3cn2)c(F)c1. The molecule has 3 heterocycles. The van der Waals surface area contributed by atoms with E-state index < -0.39 is 30.3 Å². The number of halogens is 4. The molecule has 11 heteroatoms. The summed E-state index contributed by atoms with van der Waals surface area (Å²) in [6, 6.07) is 7.04. The highest BCUT2D eigenvalue weighted by molar-refractivity contribution is 5.93. The van der Waals surface area contributed by atoms with Crippen LogP contribution >= 0.6 is 0 Å². The second-order valence-electron chi connectivity index (χ2n) is 6.85. The van der Waals surface area contributed by atoms with Crippen molar-refractivity contribution in [1.82, 2.24) is 20.2 Å². The minimum Gasteiger partial charge on any atom is -0.393 e. The summed E-state index contributed by atoms with van der Waals surface area (Å²) in [7, 11) is 0. The summed E-state index contributed by atoms with van der Waals surface area (Å²) in [5.41, 5.74) is -0.133. The van der Waals surface area contributed by atoms with E-state index in [1.54, 1.807) is 0 Å². The predicted octanol–water partition coefficient (Wildman–Crippen LogP) is 4.01. The largest absolute Gasteiger partial charge is 0.416 e. The Kier molecular flexibility index (Phi) is 5.68. The van der Waals surface area contributed by atoms with Crippen molar-refractivity contribution >= 4 is 22.3 Å². The van der Waals surface area contributed by atoms with Crippen LogP contribution in [0.3, 0.4) is 0 Å². The van der Waals surface area contributed by atoms with Crippen molar-refractivity contribution in [3.63, 3.8) is 0 Å². The molecule has 164 valence electrons. The van der Waals surface area contributed by atoms with Crippen LogP contribution in [0.15, 0.2) is 55.0 Å². The number of nitrogens with zero attached hydrogens (tertiary/aromatic N) is 4. The fraction of sp³-hybridized carbons (Fsp3) is 0.143. The van der Waals surface area contributed by atoms with Crippen LogP contribution in [-0.4, -0.2) is 37.0 Å². The highest BCUT2D eigenvalue weighted by atomic mass is 19.4. The number of aliphatic hydroxyl groups is 2. The second kappa shape index (κ2) is 8.44. The quantitative estimate of drug-likeness (QED) is 0.399. The topological polar surface area (TPSA) is 104 Å². The van der Waals surface area contributed by atoms with Gasteiger partial charge in [0.1, 0.15) is 11.8 Å². The second-order valence-corrected chi connectivity index (χ2v) is 6.85. The molecule has 0 saturated carbocycles. The summed E-state index contributed by atoms with van der Waals surface area (Å²) in [6.45, 7) is -0.567. The zero-order valence-electron chi connectivity index (χ0n) is 16.2. The van der Waals surface area contributed by atoms with Crippen molar-refractivity contribution in [3.8, 4) is 11.4 Å².